The lowest BCUT2D eigenvalue weighted by Crippen LogP contribution is -2.20. The highest BCUT2D eigenvalue weighted by Gasteiger charge is 2.12. The normalized spacial score (nSPS) is 11.2. The fraction of sp³-hybridized carbons (Fsp3) is 0.176. The molecule has 22 heavy (non-hydrogen) atoms. The molecule has 114 valence electrons. The van der Waals surface area contributed by atoms with Crippen molar-refractivity contribution < 1.29 is 9.53 Å². The van der Waals surface area contributed by atoms with Crippen LogP contribution in [0.4, 0.5) is 0 Å². The van der Waals surface area contributed by atoms with E-state index < -0.39 is 0 Å². The zero-order valence-corrected chi connectivity index (χ0v) is 14.3. The molecule has 0 aliphatic rings. The monoisotopic (exact) mass is 360 g/mol. The Kier molecular flexibility index (Phi) is 5.33. The number of halogens is 1. The number of carbonyl (C=O) groups excluding carboxylic acids is 1. The van der Waals surface area contributed by atoms with Crippen LogP contribution in [0.2, 0.25) is 0 Å². The third-order valence-electron chi connectivity index (χ3n) is 3.20. The maximum Gasteiger partial charge on any atom is 0.275 e. The summed E-state index contributed by atoms with van der Waals surface area (Å²) >= 11 is 3.35. The third-order valence-corrected chi connectivity index (χ3v) is 3.69. The number of amides is 1. The van der Waals surface area contributed by atoms with Crippen LogP contribution in [0.15, 0.2) is 52.0 Å². The molecule has 0 unspecified atom stereocenters. The summed E-state index contributed by atoms with van der Waals surface area (Å²) in [5.74, 6) is 0.188. The number of ether oxygens (including phenoxy) is 1. The van der Waals surface area contributed by atoms with Crippen molar-refractivity contribution >= 4 is 27.5 Å². The molecule has 4 nitrogen and oxygen atoms in total. The summed E-state index contributed by atoms with van der Waals surface area (Å²) in [6, 6.07) is 13.2. The first-order valence-corrected chi connectivity index (χ1v) is 7.56. The molecule has 2 aromatic rings. The number of rotatable bonds is 4. The van der Waals surface area contributed by atoms with E-state index in [2.05, 4.69) is 26.5 Å². The fourth-order valence-electron chi connectivity index (χ4n) is 1.91. The van der Waals surface area contributed by atoms with Gasteiger partial charge < -0.3 is 4.74 Å². The molecule has 2 aromatic carbocycles. The van der Waals surface area contributed by atoms with Gasteiger partial charge in [-0.2, -0.15) is 5.10 Å². The van der Waals surface area contributed by atoms with E-state index in [1.807, 2.05) is 44.2 Å². The molecule has 0 fully saturated rings. The standard InChI is InChI=1S/C17H17BrN2O2/c1-11-4-6-13(7-5-11)12(2)19-20-17(21)15-10-14(18)8-9-16(15)22-3/h4-10H,1-3H3,(H,20,21)/b19-12-. The number of benzene rings is 2. The first-order chi connectivity index (χ1) is 10.5. The molecule has 1 N–H and O–H groups in total. The molecule has 0 radical (unpaired) electrons. The van der Waals surface area contributed by atoms with Crippen LogP contribution in [-0.2, 0) is 0 Å². The largest absolute Gasteiger partial charge is 0.496 e. The molecule has 0 heterocycles. The quantitative estimate of drug-likeness (QED) is 0.663. The molecule has 0 aliphatic carbocycles. The van der Waals surface area contributed by atoms with Crippen molar-refractivity contribution in [2.24, 2.45) is 5.10 Å². The second-order valence-corrected chi connectivity index (χ2v) is 5.76. The van der Waals surface area contributed by atoms with Gasteiger partial charge in [0.15, 0.2) is 0 Å². The van der Waals surface area contributed by atoms with Crippen LogP contribution in [0.25, 0.3) is 0 Å². The number of hydrogen-bond acceptors (Lipinski definition) is 3. The van der Waals surface area contributed by atoms with Crippen LogP contribution in [0.3, 0.4) is 0 Å². The summed E-state index contributed by atoms with van der Waals surface area (Å²) in [6.07, 6.45) is 0. The Labute approximate surface area is 138 Å². The molecule has 0 aliphatic heterocycles. The van der Waals surface area contributed by atoms with Gasteiger partial charge in [0.1, 0.15) is 5.75 Å². The highest BCUT2D eigenvalue weighted by atomic mass is 79.9. The number of hydrogen-bond donors (Lipinski definition) is 1. The van der Waals surface area contributed by atoms with Crippen molar-refractivity contribution in [3.8, 4) is 5.75 Å². The molecule has 0 spiro atoms. The highest BCUT2D eigenvalue weighted by molar-refractivity contribution is 9.10. The van der Waals surface area contributed by atoms with E-state index in [-0.39, 0.29) is 5.91 Å². The minimum absolute atomic E-state index is 0.315. The Balaban J connectivity index is 2.17. The predicted molar refractivity (Wildman–Crippen MR) is 91.6 cm³/mol. The van der Waals surface area contributed by atoms with Gasteiger partial charge in [0, 0.05) is 4.47 Å². The Hall–Kier alpha value is -2.14. The molecular formula is C17H17BrN2O2. The molecule has 1 amide bonds. The summed E-state index contributed by atoms with van der Waals surface area (Å²) in [7, 11) is 1.53. The molecular weight excluding hydrogens is 344 g/mol. The number of carbonyl (C=O) groups is 1. The first kappa shape index (κ1) is 16.2. The molecule has 0 aromatic heterocycles. The van der Waals surface area contributed by atoms with E-state index >= 15 is 0 Å². The fourth-order valence-corrected chi connectivity index (χ4v) is 2.27. The van der Waals surface area contributed by atoms with E-state index in [9.17, 15) is 4.79 Å². The van der Waals surface area contributed by atoms with Crippen molar-refractivity contribution in [3.63, 3.8) is 0 Å². The number of methoxy groups -OCH3 is 1. The summed E-state index contributed by atoms with van der Waals surface area (Å²) < 4.78 is 6.00. The molecule has 0 atom stereocenters. The lowest BCUT2D eigenvalue weighted by atomic mass is 10.1. The summed E-state index contributed by atoms with van der Waals surface area (Å²) in [5, 5.41) is 4.15. The number of nitrogens with one attached hydrogen (secondary N) is 1. The number of nitrogens with zero attached hydrogens (tertiary/aromatic N) is 1. The van der Waals surface area contributed by atoms with E-state index in [0.29, 0.717) is 11.3 Å². The van der Waals surface area contributed by atoms with Gasteiger partial charge in [-0.1, -0.05) is 45.8 Å². The SMILES string of the molecule is COc1ccc(Br)cc1C(=O)N/N=C(/C)c1ccc(C)cc1. The minimum Gasteiger partial charge on any atom is -0.496 e. The van der Waals surface area contributed by atoms with Gasteiger partial charge in [0.05, 0.1) is 18.4 Å². The minimum atomic E-state index is -0.315. The summed E-state index contributed by atoms with van der Waals surface area (Å²) in [5.41, 5.74) is 5.87. The van der Waals surface area contributed by atoms with Crippen LogP contribution < -0.4 is 10.2 Å². The van der Waals surface area contributed by atoms with Crippen molar-refractivity contribution in [2.45, 2.75) is 13.8 Å². The van der Waals surface area contributed by atoms with Crippen LogP contribution >= 0.6 is 15.9 Å². The Morgan fingerprint density at radius 2 is 1.86 bits per heavy atom. The highest BCUT2D eigenvalue weighted by Crippen LogP contribution is 2.22. The van der Waals surface area contributed by atoms with E-state index in [1.54, 1.807) is 12.1 Å². The van der Waals surface area contributed by atoms with Gasteiger partial charge in [-0.25, -0.2) is 5.43 Å². The van der Waals surface area contributed by atoms with Gasteiger partial charge >= 0.3 is 0 Å². The Bertz CT molecular complexity index is 709. The van der Waals surface area contributed by atoms with Gasteiger partial charge in [0.2, 0.25) is 0 Å². The topological polar surface area (TPSA) is 50.7 Å². The molecule has 0 bridgehead atoms. The number of hydrazone groups is 1. The summed E-state index contributed by atoms with van der Waals surface area (Å²) in [6.45, 7) is 3.88. The van der Waals surface area contributed by atoms with Crippen molar-refractivity contribution in [2.75, 3.05) is 7.11 Å². The Morgan fingerprint density at radius 1 is 1.18 bits per heavy atom. The van der Waals surface area contributed by atoms with Crippen molar-refractivity contribution in [3.05, 3.63) is 63.6 Å². The summed E-state index contributed by atoms with van der Waals surface area (Å²) in [4.78, 5) is 12.2. The average molecular weight is 361 g/mol. The van der Waals surface area contributed by atoms with Crippen molar-refractivity contribution in [1.29, 1.82) is 0 Å². The van der Waals surface area contributed by atoms with Gasteiger partial charge in [0.25, 0.3) is 5.91 Å². The van der Waals surface area contributed by atoms with E-state index in [0.717, 1.165) is 15.7 Å². The van der Waals surface area contributed by atoms with Crippen LogP contribution in [0.5, 0.6) is 5.75 Å². The average Bonchev–Trinajstić information content (AvgIpc) is 2.53. The smallest absolute Gasteiger partial charge is 0.275 e. The lowest BCUT2D eigenvalue weighted by molar-refractivity contribution is 0.0951. The van der Waals surface area contributed by atoms with Crippen LogP contribution in [0, 0.1) is 6.92 Å². The van der Waals surface area contributed by atoms with Crippen LogP contribution in [0.1, 0.15) is 28.4 Å². The predicted octanol–water partition coefficient (Wildman–Crippen LogP) is 3.92. The zero-order valence-electron chi connectivity index (χ0n) is 12.7. The number of aryl methyl sites for hydroxylation is 1. The lowest BCUT2D eigenvalue weighted by Gasteiger charge is -2.08. The van der Waals surface area contributed by atoms with Gasteiger partial charge in [-0.3, -0.25) is 4.79 Å². The van der Waals surface area contributed by atoms with Crippen molar-refractivity contribution in [1.82, 2.24) is 5.43 Å². The van der Waals surface area contributed by atoms with Gasteiger partial charge in [-0.05, 0) is 37.6 Å². The molecule has 5 heteroatoms. The van der Waals surface area contributed by atoms with E-state index in [4.69, 9.17) is 4.74 Å². The second-order valence-electron chi connectivity index (χ2n) is 4.85. The van der Waals surface area contributed by atoms with Crippen LogP contribution in [-0.4, -0.2) is 18.7 Å². The van der Waals surface area contributed by atoms with E-state index in [1.165, 1.54) is 12.7 Å². The molecule has 0 saturated heterocycles. The third kappa shape index (κ3) is 3.95. The maximum atomic E-state index is 12.2. The Morgan fingerprint density at radius 3 is 2.50 bits per heavy atom. The van der Waals surface area contributed by atoms with Gasteiger partial charge in [-0.15, -0.1) is 0 Å². The molecule has 0 saturated carbocycles. The zero-order chi connectivity index (χ0) is 16.1. The second kappa shape index (κ2) is 7.22. The maximum absolute atomic E-state index is 12.2. The molecule has 2 rings (SSSR count). The first-order valence-electron chi connectivity index (χ1n) is 6.76.